The number of thioether (sulfide) groups is 1. The summed E-state index contributed by atoms with van der Waals surface area (Å²) in [5, 5.41) is 12.0. The number of amides is 1. The number of hydrogen-bond acceptors (Lipinski definition) is 6. The second-order valence-corrected chi connectivity index (χ2v) is 6.67. The molecule has 1 aromatic heterocycles. The van der Waals surface area contributed by atoms with Gasteiger partial charge in [-0.15, -0.1) is 16.8 Å². The van der Waals surface area contributed by atoms with Crippen molar-refractivity contribution in [3.8, 4) is 11.5 Å². The smallest absolute Gasteiger partial charge is 0.230 e. The van der Waals surface area contributed by atoms with E-state index in [1.807, 2.05) is 29.7 Å². The molecule has 0 spiro atoms. The van der Waals surface area contributed by atoms with E-state index in [2.05, 4.69) is 22.1 Å². The normalized spacial score (nSPS) is 10.5. The highest BCUT2D eigenvalue weighted by Crippen LogP contribution is 2.27. The molecule has 0 saturated heterocycles. The number of rotatable bonds is 11. The topological polar surface area (TPSA) is 78.3 Å². The molecule has 7 nitrogen and oxygen atoms in total. The molecule has 1 N–H and O–H groups in total. The number of benzene rings is 1. The Kier molecular flexibility index (Phi) is 8.19. The van der Waals surface area contributed by atoms with E-state index in [-0.39, 0.29) is 5.91 Å². The fourth-order valence-corrected chi connectivity index (χ4v) is 3.36. The number of carbonyl (C=O) groups excluding carboxylic acids is 1. The monoisotopic (exact) mass is 390 g/mol. The summed E-state index contributed by atoms with van der Waals surface area (Å²) in [7, 11) is 3.21. The van der Waals surface area contributed by atoms with E-state index in [0.29, 0.717) is 36.8 Å². The molecule has 0 bridgehead atoms. The second-order valence-electron chi connectivity index (χ2n) is 5.73. The fraction of sp³-hybridized carbons (Fsp3) is 0.421. The summed E-state index contributed by atoms with van der Waals surface area (Å²) in [4.78, 5) is 12.1. The highest BCUT2D eigenvalue weighted by atomic mass is 32.2. The first-order chi connectivity index (χ1) is 13.1. The minimum atomic E-state index is -0.0355. The van der Waals surface area contributed by atoms with Crippen molar-refractivity contribution in [2.75, 3.05) is 26.5 Å². The molecule has 0 fully saturated rings. The Morgan fingerprint density at radius 1 is 1.30 bits per heavy atom. The maximum absolute atomic E-state index is 12.1. The molecule has 1 aromatic carbocycles. The van der Waals surface area contributed by atoms with Crippen LogP contribution in [-0.4, -0.2) is 47.2 Å². The average Bonchev–Trinajstić information content (AvgIpc) is 3.08. The quantitative estimate of drug-likeness (QED) is 0.469. The van der Waals surface area contributed by atoms with E-state index in [0.717, 1.165) is 23.0 Å². The molecular formula is C19H26N4O3S. The fourth-order valence-electron chi connectivity index (χ4n) is 2.56. The van der Waals surface area contributed by atoms with Crippen LogP contribution in [0.15, 0.2) is 36.0 Å². The summed E-state index contributed by atoms with van der Waals surface area (Å²) in [5.41, 5.74) is 1.07. The van der Waals surface area contributed by atoms with Gasteiger partial charge < -0.3 is 19.4 Å². The van der Waals surface area contributed by atoms with Gasteiger partial charge in [-0.1, -0.05) is 30.8 Å². The first-order valence-electron chi connectivity index (χ1n) is 8.76. The van der Waals surface area contributed by atoms with Gasteiger partial charge in [0.2, 0.25) is 5.91 Å². The van der Waals surface area contributed by atoms with Gasteiger partial charge in [-0.2, -0.15) is 0 Å². The van der Waals surface area contributed by atoms with Crippen molar-refractivity contribution in [2.45, 2.75) is 31.5 Å². The Balaban J connectivity index is 1.82. The Bertz CT molecular complexity index is 776. The number of aromatic nitrogens is 3. The van der Waals surface area contributed by atoms with Gasteiger partial charge in [0.1, 0.15) is 5.82 Å². The molecule has 146 valence electrons. The lowest BCUT2D eigenvalue weighted by Gasteiger charge is -2.10. The van der Waals surface area contributed by atoms with Crippen LogP contribution in [0.4, 0.5) is 0 Å². The first kappa shape index (κ1) is 20.8. The predicted octanol–water partition coefficient (Wildman–Crippen LogP) is 2.49. The van der Waals surface area contributed by atoms with Crippen LogP contribution in [0.2, 0.25) is 0 Å². The molecule has 0 radical (unpaired) electrons. The molecule has 0 aliphatic rings. The Morgan fingerprint density at radius 3 is 2.74 bits per heavy atom. The molecule has 27 heavy (non-hydrogen) atoms. The summed E-state index contributed by atoms with van der Waals surface area (Å²) < 4.78 is 12.5. The van der Waals surface area contributed by atoms with Crippen molar-refractivity contribution >= 4 is 17.7 Å². The molecule has 0 aliphatic heterocycles. The Labute approximate surface area is 164 Å². The van der Waals surface area contributed by atoms with Crippen molar-refractivity contribution in [3.63, 3.8) is 0 Å². The highest BCUT2D eigenvalue weighted by Gasteiger charge is 2.12. The number of hydrogen-bond donors (Lipinski definition) is 1. The Morgan fingerprint density at radius 2 is 2.07 bits per heavy atom. The summed E-state index contributed by atoms with van der Waals surface area (Å²) in [6.07, 6.45) is 3.30. The average molecular weight is 391 g/mol. The van der Waals surface area contributed by atoms with Crippen LogP contribution in [0.1, 0.15) is 18.3 Å². The van der Waals surface area contributed by atoms with Crippen LogP contribution in [0, 0.1) is 0 Å². The largest absolute Gasteiger partial charge is 0.493 e. The third kappa shape index (κ3) is 5.75. The van der Waals surface area contributed by atoms with E-state index >= 15 is 0 Å². The van der Waals surface area contributed by atoms with E-state index in [9.17, 15) is 4.79 Å². The van der Waals surface area contributed by atoms with Crippen LogP contribution in [0.25, 0.3) is 0 Å². The zero-order chi connectivity index (χ0) is 19.6. The van der Waals surface area contributed by atoms with Gasteiger partial charge in [0.05, 0.1) is 20.0 Å². The lowest BCUT2D eigenvalue weighted by molar-refractivity contribution is -0.118. The number of aryl methyl sites for hydroxylation is 1. The van der Waals surface area contributed by atoms with Crippen molar-refractivity contribution < 1.29 is 14.3 Å². The summed E-state index contributed by atoms with van der Waals surface area (Å²) in [6, 6.07) is 5.75. The van der Waals surface area contributed by atoms with Gasteiger partial charge >= 0.3 is 0 Å². The van der Waals surface area contributed by atoms with E-state index in [4.69, 9.17) is 9.47 Å². The highest BCUT2D eigenvalue weighted by molar-refractivity contribution is 7.99. The van der Waals surface area contributed by atoms with Crippen LogP contribution in [-0.2, 0) is 24.2 Å². The molecular weight excluding hydrogens is 364 g/mol. The van der Waals surface area contributed by atoms with Gasteiger partial charge in [0.15, 0.2) is 16.7 Å². The standard InChI is InChI=1S/C19H26N4O3S/c1-5-11-23-17(6-2)21-22-19(23)27-13-18(24)20-10-9-14-7-8-15(25-3)16(12-14)26-4/h5,7-8,12H,1,6,9-11,13H2,2-4H3,(H,20,24). The van der Waals surface area contributed by atoms with Crippen LogP contribution >= 0.6 is 11.8 Å². The van der Waals surface area contributed by atoms with Gasteiger partial charge in [0, 0.05) is 19.5 Å². The number of methoxy groups -OCH3 is 2. The van der Waals surface area contributed by atoms with E-state index in [1.165, 1.54) is 11.8 Å². The molecule has 0 aliphatic carbocycles. The number of carbonyl (C=O) groups is 1. The predicted molar refractivity (Wildman–Crippen MR) is 107 cm³/mol. The van der Waals surface area contributed by atoms with Crippen molar-refractivity contribution in [1.29, 1.82) is 0 Å². The summed E-state index contributed by atoms with van der Waals surface area (Å²) in [6.45, 7) is 6.97. The third-order valence-electron chi connectivity index (χ3n) is 3.94. The number of ether oxygens (including phenoxy) is 2. The van der Waals surface area contributed by atoms with Crippen LogP contribution < -0.4 is 14.8 Å². The number of nitrogens with one attached hydrogen (secondary N) is 1. The SMILES string of the molecule is C=CCn1c(CC)nnc1SCC(=O)NCCc1ccc(OC)c(OC)c1. The molecule has 1 heterocycles. The zero-order valence-electron chi connectivity index (χ0n) is 16.0. The lowest BCUT2D eigenvalue weighted by Crippen LogP contribution is -2.27. The molecule has 2 rings (SSSR count). The maximum atomic E-state index is 12.1. The Hall–Kier alpha value is -2.48. The second kappa shape index (κ2) is 10.6. The molecule has 0 unspecified atom stereocenters. The molecule has 8 heteroatoms. The molecule has 0 saturated carbocycles. The van der Waals surface area contributed by atoms with Gasteiger partial charge in [-0.05, 0) is 24.1 Å². The van der Waals surface area contributed by atoms with Crippen molar-refractivity contribution in [1.82, 2.24) is 20.1 Å². The summed E-state index contributed by atoms with van der Waals surface area (Å²) in [5.74, 6) is 2.53. The van der Waals surface area contributed by atoms with Gasteiger partial charge in [0.25, 0.3) is 0 Å². The summed E-state index contributed by atoms with van der Waals surface area (Å²) >= 11 is 1.38. The zero-order valence-corrected chi connectivity index (χ0v) is 16.8. The van der Waals surface area contributed by atoms with E-state index < -0.39 is 0 Å². The third-order valence-corrected chi connectivity index (χ3v) is 4.90. The minimum Gasteiger partial charge on any atom is -0.493 e. The number of nitrogens with zero attached hydrogens (tertiary/aromatic N) is 3. The van der Waals surface area contributed by atoms with Gasteiger partial charge in [-0.3, -0.25) is 4.79 Å². The maximum Gasteiger partial charge on any atom is 0.230 e. The lowest BCUT2D eigenvalue weighted by atomic mass is 10.1. The van der Waals surface area contributed by atoms with Crippen LogP contribution in [0.5, 0.6) is 11.5 Å². The van der Waals surface area contributed by atoms with Crippen molar-refractivity contribution in [3.05, 3.63) is 42.2 Å². The van der Waals surface area contributed by atoms with Crippen molar-refractivity contribution in [2.24, 2.45) is 0 Å². The molecule has 1 amide bonds. The van der Waals surface area contributed by atoms with E-state index in [1.54, 1.807) is 20.3 Å². The molecule has 2 aromatic rings. The van der Waals surface area contributed by atoms with Gasteiger partial charge in [-0.25, -0.2) is 0 Å². The van der Waals surface area contributed by atoms with Crippen LogP contribution in [0.3, 0.4) is 0 Å². The minimum absolute atomic E-state index is 0.0355. The number of allylic oxidation sites excluding steroid dienone is 1. The first-order valence-corrected chi connectivity index (χ1v) is 9.74. The molecule has 0 atom stereocenters.